The van der Waals surface area contributed by atoms with Crippen LogP contribution in [0.4, 0.5) is 17.3 Å². The molecule has 1 saturated heterocycles. The Morgan fingerprint density at radius 3 is 2.54 bits per heavy atom. The van der Waals surface area contributed by atoms with Gasteiger partial charge in [0.2, 0.25) is 11.9 Å². The molecule has 1 N–H and O–H groups in total. The normalized spacial score (nSPS) is 16.1. The highest BCUT2D eigenvalue weighted by atomic mass is 32.2. The summed E-state index contributed by atoms with van der Waals surface area (Å²) in [5.41, 5.74) is 2.52. The van der Waals surface area contributed by atoms with Crippen molar-refractivity contribution in [1.82, 2.24) is 23.8 Å². The highest BCUT2D eigenvalue weighted by Gasteiger charge is 2.26. The zero-order chi connectivity index (χ0) is 27.1. The number of amides is 1. The Balaban J connectivity index is 1.25. The number of anilines is 3. The van der Waals surface area contributed by atoms with Gasteiger partial charge in [-0.05, 0) is 49.4 Å². The number of nitrogens with zero attached hydrogens (tertiary/aromatic N) is 6. The molecule has 39 heavy (non-hydrogen) atoms. The van der Waals surface area contributed by atoms with Crippen LogP contribution < -0.4 is 10.2 Å². The topological polar surface area (TPSA) is 113 Å². The first-order valence-electron chi connectivity index (χ1n) is 12.6. The molecule has 1 unspecified atom stereocenters. The largest absolute Gasteiger partial charge is 0.368 e. The summed E-state index contributed by atoms with van der Waals surface area (Å²) in [7, 11) is -3.96. The van der Waals surface area contributed by atoms with Crippen LogP contribution in [-0.4, -0.2) is 63.8 Å². The summed E-state index contributed by atoms with van der Waals surface area (Å²) >= 11 is 0. The second kappa shape index (κ2) is 9.66. The van der Waals surface area contributed by atoms with Crippen LogP contribution in [0.25, 0.3) is 21.9 Å². The quantitative estimate of drug-likeness (QED) is 0.355. The average Bonchev–Trinajstić information content (AvgIpc) is 3.37. The van der Waals surface area contributed by atoms with Crippen LogP contribution in [0.15, 0.2) is 84.1 Å². The van der Waals surface area contributed by atoms with E-state index in [9.17, 15) is 13.2 Å². The van der Waals surface area contributed by atoms with Crippen LogP contribution in [0, 0.1) is 0 Å². The van der Waals surface area contributed by atoms with Crippen molar-refractivity contribution < 1.29 is 13.2 Å². The minimum atomic E-state index is -3.96. The van der Waals surface area contributed by atoms with Gasteiger partial charge in [-0.2, -0.15) is 4.98 Å². The molecule has 0 aliphatic carbocycles. The number of pyridine rings is 1. The molecule has 0 saturated carbocycles. The highest BCUT2D eigenvalue weighted by molar-refractivity contribution is 7.90. The summed E-state index contributed by atoms with van der Waals surface area (Å²) in [4.78, 5) is 29.3. The number of carbonyl (C=O) groups excluding carboxylic acids is 1. The van der Waals surface area contributed by atoms with Crippen LogP contribution in [0.3, 0.4) is 0 Å². The van der Waals surface area contributed by atoms with Gasteiger partial charge in [-0.3, -0.25) is 9.78 Å². The number of fused-ring (bicyclic) bond motifs is 2. The van der Waals surface area contributed by atoms with Crippen LogP contribution >= 0.6 is 0 Å². The summed E-state index contributed by atoms with van der Waals surface area (Å²) < 4.78 is 28.5. The van der Waals surface area contributed by atoms with E-state index in [1.165, 1.54) is 10.2 Å². The lowest BCUT2D eigenvalue weighted by Gasteiger charge is -2.40. The second-order valence-electron chi connectivity index (χ2n) is 9.60. The molecule has 1 atom stereocenters. The third-order valence-electron chi connectivity index (χ3n) is 7.05. The lowest BCUT2D eigenvalue weighted by Crippen LogP contribution is -2.53. The highest BCUT2D eigenvalue weighted by Crippen LogP contribution is 2.27. The number of piperazine rings is 1. The number of nitrogens with one attached hydrogen (secondary N) is 1. The summed E-state index contributed by atoms with van der Waals surface area (Å²) in [5.74, 6) is 0.386. The van der Waals surface area contributed by atoms with Gasteiger partial charge in [0.25, 0.3) is 10.0 Å². The van der Waals surface area contributed by atoms with E-state index in [1.54, 1.807) is 43.6 Å². The zero-order valence-electron chi connectivity index (χ0n) is 21.5. The molecule has 5 aromatic rings. The number of hydrogen-bond acceptors (Lipinski definition) is 8. The lowest BCUT2D eigenvalue weighted by molar-refractivity contribution is -0.131. The van der Waals surface area contributed by atoms with E-state index in [2.05, 4.69) is 32.1 Å². The van der Waals surface area contributed by atoms with E-state index < -0.39 is 10.0 Å². The molecule has 10 nitrogen and oxygen atoms in total. The number of para-hydroxylation sites is 1. The number of rotatable bonds is 5. The Labute approximate surface area is 226 Å². The maximum Gasteiger partial charge on any atom is 0.271 e. The molecule has 11 heteroatoms. The third-order valence-corrected chi connectivity index (χ3v) is 8.75. The van der Waals surface area contributed by atoms with E-state index in [0.29, 0.717) is 17.4 Å². The molecule has 1 aliphatic rings. The van der Waals surface area contributed by atoms with Gasteiger partial charge in [-0.15, -0.1) is 0 Å². The van der Waals surface area contributed by atoms with Gasteiger partial charge in [0.1, 0.15) is 4.90 Å². The first-order valence-corrected chi connectivity index (χ1v) is 14.1. The van der Waals surface area contributed by atoms with Gasteiger partial charge in [-0.25, -0.2) is 17.4 Å². The molecule has 3 aromatic heterocycles. The summed E-state index contributed by atoms with van der Waals surface area (Å²) in [5, 5.41) is 4.53. The Morgan fingerprint density at radius 2 is 1.77 bits per heavy atom. The van der Waals surface area contributed by atoms with Crippen molar-refractivity contribution in [1.29, 1.82) is 0 Å². The number of benzene rings is 2. The number of aromatic nitrogens is 4. The van der Waals surface area contributed by atoms with Gasteiger partial charge >= 0.3 is 0 Å². The molecular formula is C28H27N7O3S. The van der Waals surface area contributed by atoms with Crippen molar-refractivity contribution in [3.63, 3.8) is 0 Å². The fourth-order valence-electron chi connectivity index (χ4n) is 5.08. The SMILES string of the molecule is CC(=O)N1CCN(c2ccc(Nc3ncc4ccn(S(=O)(=O)c5cccc6cccnc56)c4n3)cc2)CC1C. The average molecular weight is 542 g/mol. The molecule has 6 rings (SSSR count). The molecule has 0 spiro atoms. The van der Waals surface area contributed by atoms with E-state index in [-0.39, 0.29) is 28.4 Å². The van der Waals surface area contributed by atoms with Crippen molar-refractivity contribution in [2.24, 2.45) is 0 Å². The van der Waals surface area contributed by atoms with Gasteiger partial charge in [-0.1, -0.05) is 18.2 Å². The monoisotopic (exact) mass is 541 g/mol. The van der Waals surface area contributed by atoms with Crippen molar-refractivity contribution in [3.8, 4) is 0 Å². The number of hydrogen-bond donors (Lipinski definition) is 1. The minimum absolute atomic E-state index is 0.103. The predicted octanol–water partition coefficient (Wildman–Crippen LogP) is 4.02. The smallest absolute Gasteiger partial charge is 0.271 e. The molecule has 1 amide bonds. The lowest BCUT2D eigenvalue weighted by atomic mass is 10.1. The van der Waals surface area contributed by atoms with E-state index in [0.717, 1.165) is 29.9 Å². The van der Waals surface area contributed by atoms with Crippen LogP contribution in [-0.2, 0) is 14.8 Å². The first-order chi connectivity index (χ1) is 18.8. The molecule has 0 bridgehead atoms. The maximum absolute atomic E-state index is 13.7. The van der Waals surface area contributed by atoms with Crippen molar-refractivity contribution in [3.05, 3.63) is 79.3 Å². The predicted molar refractivity (Wildman–Crippen MR) is 151 cm³/mol. The summed E-state index contributed by atoms with van der Waals surface area (Å²) in [6, 6.07) is 18.4. The maximum atomic E-state index is 13.7. The third kappa shape index (κ3) is 4.54. The molecule has 198 valence electrons. The molecule has 4 heterocycles. The molecular weight excluding hydrogens is 514 g/mol. The number of carbonyl (C=O) groups is 1. The Bertz CT molecular complexity index is 1800. The van der Waals surface area contributed by atoms with E-state index in [1.807, 2.05) is 41.3 Å². The first kappa shape index (κ1) is 24.8. The summed E-state index contributed by atoms with van der Waals surface area (Å²) in [6.07, 6.45) is 4.67. The standard InChI is InChI=1S/C28H27N7O3S/c1-19-18-33(15-16-34(19)20(2)36)24-10-8-23(9-11-24)31-28-30-17-22-12-14-35(27(22)32-28)39(37,38)25-7-3-5-21-6-4-13-29-26(21)25/h3-14,17,19H,15-16,18H2,1-2H3,(H,30,31,32). The van der Waals surface area contributed by atoms with E-state index >= 15 is 0 Å². The second-order valence-corrected chi connectivity index (χ2v) is 11.4. The molecule has 1 aliphatic heterocycles. The van der Waals surface area contributed by atoms with Gasteiger partial charge in [0.15, 0.2) is 5.65 Å². The Morgan fingerprint density at radius 1 is 0.974 bits per heavy atom. The van der Waals surface area contributed by atoms with Crippen molar-refractivity contribution >= 4 is 55.2 Å². The van der Waals surface area contributed by atoms with Gasteiger partial charge in [0.05, 0.1) is 5.52 Å². The van der Waals surface area contributed by atoms with Gasteiger partial charge in [0, 0.05) is 73.3 Å². The van der Waals surface area contributed by atoms with Crippen molar-refractivity contribution in [2.75, 3.05) is 29.9 Å². The Hall–Kier alpha value is -4.51. The fraction of sp³-hybridized carbons (Fsp3) is 0.214. The molecule has 0 radical (unpaired) electrons. The molecule has 2 aromatic carbocycles. The summed E-state index contributed by atoms with van der Waals surface area (Å²) in [6.45, 7) is 5.91. The van der Waals surface area contributed by atoms with E-state index in [4.69, 9.17) is 0 Å². The minimum Gasteiger partial charge on any atom is -0.368 e. The fourth-order valence-corrected chi connectivity index (χ4v) is 6.56. The van der Waals surface area contributed by atoms with Crippen LogP contribution in [0.5, 0.6) is 0 Å². The molecule has 1 fully saturated rings. The van der Waals surface area contributed by atoms with Gasteiger partial charge < -0.3 is 15.1 Å². The van der Waals surface area contributed by atoms with Crippen molar-refractivity contribution in [2.45, 2.75) is 24.8 Å². The Kier molecular flexibility index (Phi) is 6.15. The zero-order valence-corrected chi connectivity index (χ0v) is 22.3. The van der Waals surface area contributed by atoms with Crippen LogP contribution in [0.1, 0.15) is 13.8 Å². The van der Waals surface area contributed by atoms with Crippen LogP contribution in [0.2, 0.25) is 0 Å².